The van der Waals surface area contributed by atoms with Crippen LogP contribution in [0.2, 0.25) is 0 Å². The molecule has 0 amide bonds. The van der Waals surface area contributed by atoms with E-state index in [0.29, 0.717) is 0 Å². The third kappa shape index (κ3) is 5.66. The zero-order chi connectivity index (χ0) is 29.2. The molecule has 1 aliphatic heterocycles. The zero-order valence-electron chi connectivity index (χ0n) is 26.0. The maximum absolute atomic E-state index is 2.51. The van der Waals surface area contributed by atoms with E-state index in [0.717, 1.165) is 0 Å². The first-order valence-corrected chi connectivity index (χ1v) is 18.8. The van der Waals surface area contributed by atoms with Crippen LogP contribution >= 0.6 is 7.26 Å². The maximum Gasteiger partial charge on any atom is 0.0858 e. The highest BCUT2D eigenvalue weighted by atomic mass is 79.9. The minimum absolute atomic E-state index is 0. The summed E-state index contributed by atoms with van der Waals surface area (Å²) >= 11 is 0. The van der Waals surface area contributed by atoms with Crippen LogP contribution < -0.4 is 17.0 Å². The van der Waals surface area contributed by atoms with Gasteiger partial charge in [0, 0.05) is 18.4 Å². The molecular formula is C42H42BrP. The molecule has 0 N–H and O–H groups in total. The molecular weight excluding hydrogens is 615 g/mol. The zero-order valence-corrected chi connectivity index (χ0v) is 28.5. The van der Waals surface area contributed by atoms with Crippen LogP contribution in [0.3, 0.4) is 0 Å². The predicted octanol–water partition coefficient (Wildman–Crippen LogP) is 9.63. The van der Waals surface area contributed by atoms with E-state index in [-0.39, 0.29) is 17.0 Å². The van der Waals surface area contributed by atoms with Crippen LogP contribution in [0, 0.1) is 0 Å². The fourth-order valence-corrected chi connectivity index (χ4v) is 12.5. The molecule has 0 unspecified atom stereocenters. The van der Waals surface area contributed by atoms with Crippen molar-refractivity contribution in [2.75, 3.05) is 12.3 Å². The summed E-state index contributed by atoms with van der Waals surface area (Å²) < 4.78 is 0. The molecule has 2 heteroatoms. The first-order chi connectivity index (χ1) is 21.2. The van der Waals surface area contributed by atoms with Crippen molar-refractivity contribution in [2.24, 2.45) is 0 Å². The van der Waals surface area contributed by atoms with Crippen LogP contribution in [0.1, 0.15) is 50.7 Å². The average Bonchev–Trinajstić information content (AvgIpc) is 3.22. The Balaban J connectivity index is 0.00000343. The molecule has 0 aromatic heterocycles. The van der Waals surface area contributed by atoms with Gasteiger partial charge >= 0.3 is 0 Å². The molecule has 0 atom stereocenters. The van der Waals surface area contributed by atoms with Crippen molar-refractivity contribution in [1.29, 1.82) is 0 Å². The molecule has 6 aromatic carbocycles. The Morgan fingerprint density at radius 3 is 1.30 bits per heavy atom. The molecule has 0 aliphatic carbocycles. The highest BCUT2D eigenvalue weighted by molar-refractivity contribution is 7.74. The van der Waals surface area contributed by atoms with Crippen LogP contribution in [-0.2, 0) is 12.3 Å². The second kappa shape index (κ2) is 13.4. The number of benzene rings is 6. The van der Waals surface area contributed by atoms with E-state index in [4.69, 9.17) is 0 Å². The standard InChI is InChI=1S/C42H42P.BrH/c1-3-5-25-43(26-6-4-2)29-39-37(31-17-9-7-10-18-31)27-33-21-13-15-23-35(33)41(39)42-36-24-16-14-22-34(36)28-38(40(42)30-43)32-19-11-8-12-20-32;/h7-24,27-28H,3-6,25-26,29-30H2,1-2H3;1H/q+1;/p-1. The van der Waals surface area contributed by atoms with Crippen LogP contribution in [0.5, 0.6) is 0 Å². The largest absolute Gasteiger partial charge is 1.00 e. The molecule has 1 heterocycles. The van der Waals surface area contributed by atoms with Gasteiger partial charge in [-0.15, -0.1) is 0 Å². The Hall–Kier alpha value is -3.25. The van der Waals surface area contributed by atoms with E-state index in [1.165, 1.54) is 105 Å². The molecule has 0 radical (unpaired) electrons. The van der Waals surface area contributed by atoms with Crippen molar-refractivity contribution in [3.8, 4) is 33.4 Å². The van der Waals surface area contributed by atoms with Crippen molar-refractivity contribution in [3.63, 3.8) is 0 Å². The third-order valence-electron chi connectivity index (χ3n) is 9.69. The summed E-state index contributed by atoms with van der Waals surface area (Å²) in [7, 11) is -1.38. The lowest BCUT2D eigenvalue weighted by molar-refractivity contribution is -0.00000849. The highest BCUT2D eigenvalue weighted by Crippen LogP contribution is 2.70. The van der Waals surface area contributed by atoms with E-state index in [9.17, 15) is 0 Å². The number of hydrogen-bond donors (Lipinski definition) is 0. The summed E-state index contributed by atoms with van der Waals surface area (Å²) in [6.45, 7) is 4.75. The van der Waals surface area contributed by atoms with Crippen molar-refractivity contribution in [1.82, 2.24) is 0 Å². The van der Waals surface area contributed by atoms with E-state index in [2.05, 4.69) is 135 Å². The second-order valence-corrected chi connectivity index (χ2v) is 16.8. The van der Waals surface area contributed by atoms with E-state index < -0.39 is 7.26 Å². The summed E-state index contributed by atoms with van der Waals surface area (Å²) in [5, 5.41) is 5.49. The van der Waals surface area contributed by atoms with Gasteiger partial charge in [-0.2, -0.15) is 0 Å². The van der Waals surface area contributed by atoms with E-state index >= 15 is 0 Å². The third-order valence-corrected chi connectivity index (χ3v) is 14.2. The normalized spacial score (nSPS) is 13.6. The Bertz CT molecular complexity index is 1750. The quantitative estimate of drug-likeness (QED) is 0.143. The summed E-state index contributed by atoms with van der Waals surface area (Å²) in [4.78, 5) is 0. The fourth-order valence-electron chi connectivity index (χ4n) is 7.57. The smallest absolute Gasteiger partial charge is 0.0858 e. The molecule has 0 nitrogen and oxygen atoms in total. The molecule has 222 valence electrons. The van der Waals surface area contributed by atoms with Crippen molar-refractivity contribution < 1.29 is 17.0 Å². The van der Waals surface area contributed by atoms with Gasteiger partial charge in [-0.1, -0.05) is 136 Å². The lowest BCUT2D eigenvalue weighted by Gasteiger charge is -2.29. The molecule has 0 bridgehead atoms. The van der Waals surface area contributed by atoms with Gasteiger partial charge in [0.15, 0.2) is 0 Å². The first kappa shape index (κ1) is 30.8. The number of rotatable bonds is 8. The van der Waals surface area contributed by atoms with Crippen LogP contribution in [0.15, 0.2) is 121 Å². The van der Waals surface area contributed by atoms with Crippen molar-refractivity contribution in [2.45, 2.75) is 51.9 Å². The van der Waals surface area contributed by atoms with Gasteiger partial charge in [-0.3, -0.25) is 0 Å². The lowest BCUT2D eigenvalue weighted by Crippen LogP contribution is -3.00. The van der Waals surface area contributed by atoms with Crippen molar-refractivity contribution >= 4 is 28.8 Å². The minimum atomic E-state index is -1.38. The summed E-state index contributed by atoms with van der Waals surface area (Å²) in [5.74, 6) is 0. The van der Waals surface area contributed by atoms with Gasteiger partial charge in [-0.05, 0) is 79.9 Å². The van der Waals surface area contributed by atoms with Crippen LogP contribution in [0.25, 0.3) is 54.9 Å². The molecule has 6 aromatic rings. The molecule has 7 rings (SSSR count). The Kier molecular flexibility index (Phi) is 9.37. The first-order valence-electron chi connectivity index (χ1n) is 16.3. The minimum Gasteiger partial charge on any atom is -1.00 e. The Labute approximate surface area is 274 Å². The highest BCUT2D eigenvalue weighted by Gasteiger charge is 2.43. The number of fused-ring (bicyclic) bond motifs is 7. The van der Waals surface area contributed by atoms with Crippen molar-refractivity contribution in [3.05, 3.63) is 132 Å². The molecule has 0 saturated heterocycles. The average molecular weight is 658 g/mol. The Morgan fingerprint density at radius 1 is 0.500 bits per heavy atom. The predicted molar refractivity (Wildman–Crippen MR) is 192 cm³/mol. The topological polar surface area (TPSA) is 0 Å². The van der Waals surface area contributed by atoms with Gasteiger partial charge < -0.3 is 17.0 Å². The van der Waals surface area contributed by atoms with Gasteiger partial charge in [0.1, 0.15) is 0 Å². The Morgan fingerprint density at radius 2 is 0.886 bits per heavy atom. The fraction of sp³-hybridized carbons (Fsp3) is 0.238. The lowest BCUT2D eigenvalue weighted by atomic mass is 9.82. The molecule has 0 fully saturated rings. The molecule has 44 heavy (non-hydrogen) atoms. The molecule has 0 spiro atoms. The van der Waals surface area contributed by atoms with Gasteiger partial charge in [0.2, 0.25) is 0 Å². The second-order valence-electron chi connectivity index (χ2n) is 12.5. The molecule has 1 aliphatic rings. The SMILES string of the molecule is CCCC[P+]1(CCCC)Cc2c(-c3ccccc3)cc3ccccc3c2-c2c(c(-c3ccccc3)cc3ccccc23)C1.[Br-]. The van der Waals surface area contributed by atoms with E-state index in [1.54, 1.807) is 11.1 Å². The number of halogens is 1. The van der Waals surface area contributed by atoms with E-state index in [1.807, 2.05) is 0 Å². The summed E-state index contributed by atoms with van der Waals surface area (Å²) in [6, 6.07) is 45.8. The van der Waals surface area contributed by atoms with Gasteiger partial charge in [-0.25, -0.2) is 0 Å². The maximum atomic E-state index is 2.51. The van der Waals surface area contributed by atoms with Gasteiger partial charge in [0.05, 0.1) is 24.6 Å². The van der Waals surface area contributed by atoms with Crippen LogP contribution in [-0.4, -0.2) is 12.3 Å². The van der Waals surface area contributed by atoms with Gasteiger partial charge in [0.25, 0.3) is 0 Å². The summed E-state index contributed by atoms with van der Waals surface area (Å²) in [5.41, 5.74) is 11.8. The molecule has 0 saturated carbocycles. The monoisotopic (exact) mass is 656 g/mol. The number of unbranched alkanes of at least 4 members (excludes halogenated alkanes) is 2. The van der Waals surface area contributed by atoms with Crippen LogP contribution in [0.4, 0.5) is 0 Å². The number of hydrogen-bond acceptors (Lipinski definition) is 0. The summed E-state index contributed by atoms with van der Waals surface area (Å²) in [6.07, 6.45) is 10.4.